The van der Waals surface area contributed by atoms with E-state index in [1.165, 1.54) is 18.6 Å². The van der Waals surface area contributed by atoms with Crippen LogP contribution in [0.2, 0.25) is 0 Å². The highest BCUT2D eigenvalue weighted by molar-refractivity contribution is 7.99. The second-order valence-electron chi connectivity index (χ2n) is 5.69. The maximum atomic E-state index is 10.9. The zero-order chi connectivity index (χ0) is 12.4. The van der Waals surface area contributed by atoms with Crippen LogP contribution in [0.15, 0.2) is 0 Å². The monoisotopic (exact) mass is 257 g/mol. The first-order valence-corrected chi connectivity index (χ1v) is 7.78. The van der Waals surface area contributed by atoms with E-state index in [-0.39, 0.29) is 6.04 Å². The van der Waals surface area contributed by atoms with Crippen LogP contribution in [0.3, 0.4) is 0 Å². The van der Waals surface area contributed by atoms with E-state index in [4.69, 9.17) is 5.11 Å². The molecule has 0 aromatic heterocycles. The summed E-state index contributed by atoms with van der Waals surface area (Å²) in [5, 5.41) is 8.96. The standard InChI is InChI=1S/C13H23NO2S/c1-9(2)10-5-11(6-10)14-3-4-17-8-12(14)7-13(15)16/h9-12H,3-8H2,1-2H3,(H,15,16). The van der Waals surface area contributed by atoms with Gasteiger partial charge in [-0.15, -0.1) is 0 Å². The van der Waals surface area contributed by atoms with E-state index in [0.29, 0.717) is 12.5 Å². The molecule has 2 aliphatic rings. The summed E-state index contributed by atoms with van der Waals surface area (Å²) in [6.07, 6.45) is 2.87. The summed E-state index contributed by atoms with van der Waals surface area (Å²) in [5.74, 6) is 3.15. The average Bonchev–Trinajstić information content (AvgIpc) is 2.16. The molecule has 1 saturated heterocycles. The molecule has 0 spiro atoms. The van der Waals surface area contributed by atoms with Crippen LogP contribution in [0.4, 0.5) is 0 Å². The van der Waals surface area contributed by atoms with Crippen LogP contribution >= 0.6 is 11.8 Å². The fourth-order valence-electron chi connectivity index (χ4n) is 2.97. The van der Waals surface area contributed by atoms with Crippen molar-refractivity contribution in [3.63, 3.8) is 0 Å². The molecule has 0 aromatic rings. The van der Waals surface area contributed by atoms with E-state index in [2.05, 4.69) is 18.7 Å². The Balaban J connectivity index is 1.87. The van der Waals surface area contributed by atoms with Gasteiger partial charge in [0.25, 0.3) is 0 Å². The predicted octanol–water partition coefficient (Wildman–Crippen LogP) is 2.31. The largest absolute Gasteiger partial charge is 0.481 e. The first-order valence-electron chi connectivity index (χ1n) is 6.63. The van der Waals surface area contributed by atoms with Gasteiger partial charge in [-0.3, -0.25) is 9.69 Å². The van der Waals surface area contributed by atoms with Crippen molar-refractivity contribution in [2.45, 2.75) is 45.2 Å². The molecule has 1 aliphatic heterocycles. The van der Waals surface area contributed by atoms with Gasteiger partial charge in [-0.1, -0.05) is 13.8 Å². The number of rotatable bonds is 4. The topological polar surface area (TPSA) is 40.5 Å². The third-order valence-corrected chi connectivity index (χ3v) is 5.34. The Bertz CT molecular complexity index is 277. The van der Waals surface area contributed by atoms with E-state index < -0.39 is 5.97 Å². The Kier molecular flexibility index (Phi) is 4.36. The molecule has 1 saturated carbocycles. The number of hydrogen-bond donors (Lipinski definition) is 1. The van der Waals surface area contributed by atoms with Gasteiger partial charge in [0.1, 0.15) is 0 Å². The zero-order valence-electron chi connectivity index (χ0n) is 10.8. The second kappa shape index (κ2) is 5.61. The second-order valence-corrected chi connectivity index (χ2v) is 6.84. The number of nitrogens with zero attached hydrogens (tertiary/aromatic N) is 1. The van der Waals surface area contributed by atoms with Crippen molar-refractivity contribution in [2.24, 2.45) is 11.8 Å². The van der Waals surface area contributed by atoms with Gasteiger partial charge in [-0.05, 0) is 24.7 Å². The molecule has 1 heterocycles. The van der Waals surface area contributed by atoms with Gasteiger partial charge >= 0.3 is 5.97 Å². The molecular formula is C13H23NO2S. The number of carboxylic acids is 1. The lowest BCUT2D eigenvalue weighted by atomic mass is 9.72. The minimum absolute atomic E-state index is 0.268. The first-order chi connectivity index (χ1) is 8.08. The molecule has 0 aromatic carbocycles. The molecule has 0 amide bonds. The van der Waals surface area contributed by atoms with Crippen molar-refractivity contribution < 1.29 is 9.90 Å². The molecule has 0 bridgehead atoms. The molecular weight excluding hydrogens is 234 g/mol. The van der Waals surface area contributed by atoms with Gasteiger partial charge in [-0.2, -0.15) is 11.8 Å². The normalized spacial score (nSPS) is 34.6. The number of thioether (sulfide) groups is 1. The highest BCUT2D eigenvalue weighted by atomic mass is 32.2. The number of carbonyl (C=O) groups is 1. The Hall–Kier alpha value is -0.220. The van der Waals surface area contributed by atoms with Crippen molar-refractivity contribution in [1.29, 1.82) is 0 Å². The Labute approximate surface area is 108 Å². The molecule has 2 fully saturated rings. The van der Waals surface area contributed by atoms with E-state index in [1.54, 1.807) is 0 Å². The Morgan fingerprint density at radius 2 is 2.18 bits per heavy atom. The average molecular weight is 257 g/mol. The SMILES string of the molecule is CC(C)C1CC(N2CCSCC2CC(=O)O)C1. The van der Waals surface area contributed by atoms with Crippen LogP contribution in [-0.2, 0) is 4.79 Å². The summed E-state index contributed by atoms with van der Waals surface area (Å²) in [7, 11) is 0. The van der Waals surface area contributed by atoms with Gasteiger partial charge < -0.3 is 5.11 Å². The third-order valence-electron chi connectivity index (χ3n) is 4.24. The Morgan fingerprint density at radius 3 is 2.76 bits per heavy atom. The lowest BCUT2D eigenvalue weighted by molar-refractivity contribution is -0.138. The predicted molar refractivity (Wildman–Crippen MR) is 71.4 cm³/mol. The molecule has 1 N–H and O–H groups in total. The maximum Gasteiger partial charge on any atom is 0.304 e. The van der Waals surface area contributed by atoms with E-state index in [0.717, 1.165) is 24.1 Å². The van der Waals surface area contributed by atoms with Gasteiger partial charge in [0, 0.05) is 30.1 Å². The van der Waals surface area contributed by atoms with Crippen LogP contribution in [0.1, 0.15) is 33.1 Å². The van der Waals surface area contributed by atoms with Crippen LogP contribution in [0, 0.1) is 11.8 Å². The van der Waals surface area contributed by atoms with Crippen molar-refractivity contribution in [2.75, 3.05) is 18.1 Å². The summed E-state index contributed by atoms with van der Waals surface area (Å²) in [6.45, 7) is 5.67. The molecule has 2 rings (SSSR count). The zero-order valence-corrected chi connectivity index (χ0v) is 11.6. The van der Waals surface area contributed by atoms with Gasteiger partial charge in [0.15, 0.2) is 0 Å². The molecule has 1 unspecified atom stereocenters. The lowest BCUT2D eigenvalue weighted by Gasteiger charge is -2.49. The van der Waals surface area contributed by atoms with Crippen LogP contribution in [-0.4, -0.2) is 46.1 Å². The van der Waals surface area contributed by atoms with Crippen molar-refractivity contribution >= 4 is 17.7 Å². The van der Waals surface area contributed by atoms with Crippen molar-refractivity contribution in [3.8, 4) is 0 Å². The first kappa shape index (κ1) is 13.2. The highest BCUT2D eigenvalue weighted by Gasteiger charge is 2.39. The number of aliphatic carboxylic acids is 1. The quantitative estimate of drug-likeness (QED) is 0.839. The number of hydrogen-bond acceptors (Lipinski definition) is 3. The van der Waals surface area contributed by atoms with Gasteiger partial charge in [0.05, 0.1) is 6.42 Å². The van der Waals surface area contributed by atoms with E-state index >= 15 is 0 Å². The highest BCUT2D eigenvalue weighted by Crippen LogP contribution is 2.39. The molecule has 98 valence electrons. The molecule has 4 heteroatoms. The number of carboxylic acid groups (broad SMARTS) is 1. The minimum atomic E-state index is -0.651. The molecule has 17 heavy (non-hydrogen) atoms. The summed E-state index contributed by atoms with van der Waals surface area (Å²) < 4.78 is 0. The molecule has 0 radical (unpaired) electrons. The maximum absolute atomic E-state index is 10.9. The summed E-state index contributed by atoms with van der Waals surface area (Å²) in [4.78, 5) is 13.4. The van der Waals surface area contributed by atoms with Gasteiger partial charge in [-0.25, -0.2) is 0 Å². The third kappa shape index (κ3) is 3.16. The lowest BCUT2D eigenvalue weighted by Crippen LogP contribution is -2.54. The Morgan fingerprint density at radius 1 is 1.47 bits per heavy atom. The van der Waals surface area contributed by atoms with Crippen LogP contribution < -0.4 is 0 Å². The minimum Gasteiger partial charge on any atom is -0.481 e. The van der Waals surface area contributed by atoms with E-state index in [1.807, 2.05) is 11.8 Å². The summed E-state index contributed by atoms with van der Waals surface area (Å²) >= 11 is 1.90. The van der Waals surface area contributed by atoms with Crippen LogP contribution in [0.25, 0.3) is 0 Å². The fourth-order valence-corrected chi connectivity index (χ4v) is 4.06. The molecule has 1 atom stereocenters. The molecule has 1 aliphatic carbocycles. The van der Waals surface area contributed by atoms with E-state index in [9.17, 15) is 4.79 Å². The summed E-state index contributed by atoms with van der Waals surface area (Å²) in [5.41, 5.74) is 0. The van der Waals surface area contributed by atoms with Crippen molar-refractivity contribution in [3.05, 3.63) is 0 Å². The van der Waals surface area contributed by atoms with Crippen molar-refractivity contribution in [1.82, 2.24) is 4.90 Å². The van der Waals surface area contributed by atoms with Gasteiger partial charge in [0.2, 0.25) is 0 Å². The summed E-state index contributed by atoms with van der Waals surface area (Å²) in [6, 6.07) is 0.928. The fraction of sp³-hybridized carbons (Fsp3) is 0.923. The molecule has 3 nitrogen and oxygen atoms in total. The van der Waals surface area contributed by atoms with Crippen LogP contribution in [0.5, 0.6) is 0 Å². The smallest absolute Gasteiger partial charge is 0.304 e.